The number of hydrogen-bond acceptors (Lipinski definition) is 3. The van der Waals surface area contributed by atoms with E-state index in [9.17, 15) is 18.0 Å². The predicted octanol–water partition coefficient (Wildman–Crippen LogP) is 4.21. The zero-order valence-electron chi connectivity index (χ0n) is 13.7. The molecule has 0 aliphatic carbocycles. The molecule has 1 amide bonds. The van der Waals surface area contributed by atoms with Crippen LogP contribution in [0.2, 0.25) is 5.02 Å². The Kier molecular flexibility index (Phi) is 7.59. The predicted molar refractivity (Wildman–Crippen MR) is 91.3 cm³/mol. The molecule has 26 heavy (non-hydrogen) atoms. The van der Waals surface area contributed by atoms with Crippen LogP contribution in [0.1, 0.15) is 12.0 Å². The van der Waals surface area contributed by atoms with E-state index in [1.807, 2.05) is 0 Å². The summed E-state index contributed by atoms with van der Waals surface area (Å²) in [7, 11) is 0. The van der Waals surface area contributed by atoms with Crippen molar-refractivity contribution in [3.63, 3.8) is 0 Å². The first-order chi connectivity index (χ1) is 12.4. The summed E-state index contributed by atoms with van der Waals surface area (Å²) in [6.07, 6.45) is 0.667. The number of ether oxygens (including phenoxy) is 2. The summed E-state index contributed by atoms with van der Waals surface area (Å²) in [6, 6.07) is 9.96. The van der Waals surface area contributed by atoms with Gasteiger partial charge in [-0.05, 0) is 42.3 Å². The summed E-state index contributed by atoms with van der Waals surface area (Å²) in [5.74, 6) is -0.272. The Morgan fingerprint density at radius 2 is 1.88 bits per heavy atom. The molecule has 2 aromatic rings. The standard InChI is InChI=1S/C18H17ClF3NO3/c19-15-11-13(20)3-6-16(15)25-10-8-17(24)23-9-7-12-1-4-14(5-2-12)26-18(21)22/h1-6,11,18H,7-10H2,(H,23,24). The molecule has 4 nitrogen and oxygen atoms in total. The van der Waals surface area contributed by atoms with E-state index >= 15 is 0 Å². The van der Waals surface area contributed by atoms with Gasteiger partial charge in [0.05, 0.1) is 18.1 Å². The molecule has 0 saturated carbocycles. The highest BCUT2D eigenvalue weighted by Crippen LogP contribution is 2.24. The summed E-state index contributed by atoms with van der Waals surface area (Å²) >= 11 is 5.82. The van der Waals surface area contributed by atoms with Crippen molar-refractivity contribution in [3.8, 4) is 11.5 Å². The lowest BCUT2D eigenvalue weighted by molar-refractivity contribution is -0.121. The number of amides is 1. The molecule has 0 radical (unpaired) electrons. The molecular weight excluding hydrogens is 371 g/mol. The number of halogens is 4. The molecule has 0 unspecified atom stereocenters. The third-order valence-corrected chi connectivity index (χ3v) is 3.66. The van der Waals surface area contributed by atoms with Gasteiger partial charge in [0, 0.05) is 6.54 Å². The molecule has 0 saturated heterocycles. The number of benzene rings is 2. The number of alkyl halides is 2. The monoisotopic (exact) mass is 387 g/mol. The molecule has 0 aliphatic rings. The summed E-state index contributed by atoms with van der Waals surface area (Å²) in [6.45, 7) is -2.35. The number of nitrogens with one attached hydrogen (secondary N) is 1. The Morgan fingerprint density at radius 3 is 2.54 bits per heavy atom. The van der Waals surface area contributed by atoms with Crippen molar-refractivity contribution >= 4 is 17.5 Å². The minimum atomic E-state index is -2.85. The van der Waals surface area contributed by atoms with Crippen LogP contribution in [0.15, 0.2) is 42.5 Å². The molecule has 0 spiro atoms. The van der Waals surface area contributed by atoms with Crippen LogP contribution in [0.4, 0.5) is 13.2 Å². The van der Waals surface area contributed by atoms with Crippen LogP contribution in [0, 0.1) is 5.82 Å². The van der Waals surface area contributed by atoms with Gasteiger partial charge in [-0.3, -0.25) is 4.79 Å². The molecule has 0 bridgehead atoms. The summed E-state index contributed by atoms with van der Waals surface area (Å²) in [4.78, 5) is 11.8. The fourth-order valence-corrected chi connectivity index (χ4v) is 2.34. The molecule has 0 atom stereocenters. The van der Waals surface area contributed by atoms with Crippen molar-refractivity contribution in [2.24, 2.45) is 0 Å². The minimum absolute atomic E-state index is 0.0874. The van der Waals surface area contributed by atoms with E-state index in [1.54, 1.807) is 12.1 Å². The molecule has 2 rings (SSSR count). The van der Waals surface area contributed by atoms with E-state index in [1.165, 1.54) is 24.3 Å². The summed E-state index contributed by atoms with van der Waals surface area (Å²) in [5.41, 5.74) is 0.876. The molecule has 0 heterocycles. The van der Waals surface area contributed by atoms with Crippen LogP contribution in [-0.2, 0) is 11.2 Å². The van der Waals surface area contributed by atoms with E-state index < -0.39 is 12.4 Å². The minimum Gasteiger partial charge on any atom is -0.491 e. The molecule has 2 aromatic carbocycles. The topological polar surface area (TPSA) is 47.6 Å². The number of hydrogen-bond donors (Lipinski definition) is 1. The third-order valence-electron chi connectivity index (χ3n) is 3.36. The van der Waals surface area contributed by atoms with Gasteiger partial charge in [0.2, 0.25) is 5.91 Å². The summed E-state index contributed by atoms with van der Waals surface area (Å²) < 4.78 is 46.6. The number of carbonyl (C=O) groups is 1. The zero-order valence-corrected chi connectivity index (χ0v) is 14.4. The van der Waals surface area contributed by atoms with Crippen LogP contribution in [0.3, 0.4) is 0 Å². The van der Waals surface area contributed by atoms with E-state index in [2.05, 4.69) is 10.1 Å². The molecule has 0 aromatic heterocycles. The first kappa shape index (κ1) is 19.9. The van der Waals surface area contributed by atoms with Gasteiger partial charge in [0.1, 0.15) is 17.3 Å². The van der Waals surface area contributed by atoms with Crippen LogP contribution in [-0.4, -0.2) is 25.7 Å². The first-order valence-corrected chi connectivity index (χ1v) is 8.20. The van der Waals surface area contributed by atoms with Gasteiger partial charge in [0.25, 0.3) is 0 Å². The largest absolute Gasteiger partial charge is 0.491 e. The van der Waals surface area contributed by atoms with E-state index in [0.717, 1.165) is 11.6 Å². The maximum Gasteiger partial charge on any atom is 0.387 e. The van der Waals surface area contributed by atoms with Crippen molar-refractivity contribution in [1.29, 1.82) is 0 Å². The van der Waals surface area contributed by atoms with Crippen LogP contribution in [0.25, 0.3) is 0 Å². The van der Waals surface area contributed by atoms with Gasteiger partial charge in [0.15, 0.2) is 0 Å². The molecule has 0 fully saturated rings. The molecule has 140 valence electrons. The SMILES string of the molecule is O=C(CCOc1ccc(F)cc1Cl)NCCc1ccc(OC(F)F)cc1. The van der Waals surface area contributed by atoms with Gasteiger partial charge in [-0.2, -0.15) is 8.78 Å². The van der Waals surface area contributed by atoms with Gasteiger partial charge in [-0.15, -0.1) is 0 Å². The second-order valence-corrected chi connectivity index (χ2v) is 5.70. The first-order valence-electron chi connectivity index (χ1n) is 7.82. The summed E-state index contributed by atoms with van der Waals surface area (Å²) in [5, 5.41) is 2.87. The van der Waals surface area contributed by atoms with E-state index in [4.69, 9.17) is 16.3 Å². The zero-order chi connectivity index (χ0) is 18.9. The maximum atomic E-state index is 12.9. The molecule has 1 N–H and O–H groups in total. The smallest absolute Gasteiger partial charge is 0.387 e. The van der Waals surface area contributed by atoms with Crippen LogP contribution >= 0.6 is 11.6 Å². The van der Waals surface area contributed by atoms with Crippen molar-refractivity contribution < 1.29 is 27.4 Å². The van der Waals surface area contributed by atoms with Crippen LogP contribution in [0.5, 0.6) is 11.5 Å². The van der Waals surface area contributed by atoms with Crippen LogP contribution < -0.4 is 14.8 Å². The van der Waals surface area contributed by atoms with Gasteiger partial charge in [-0.1, -0.05) is 23.7 Å². The number of rotatable bonds is 9. The molecular formula is C18H17ClF3NO3. The quantitative estimate of drug-likeness (QED) is 0.701. The second kappa shape index (κ2) is 9.91. The van der Waals surface area contributed by atoms with Crippen molar-refractivity contribution in [1.82, 2.24) is 5.32 Å². The van der Waals surface area contributed by atoms with Crippen molar-refractivity contribution in [2.75, 3.05) is 13.2 Å². The molecule has 8 heteroatoms. The lowest BCUT2D eigenvalue weighted by Gasteiger charge is -2.09. The normalized spacial score (nSPS) is 10.7. The Morgan fingerprint density at radius 1 is 1.15 bits per heavy atom. The lowest BCUT2D eigenvalue weighted by atomic mass is 10.1. The fraction of sp³-hybridized carbons (Fsp3) is 0.278. The highest BCUT2D eigenvalue weighted by atomic mass is 35.5. The van der Waals surface area contributed by atoms with Gasteiger partial charge < -0.3 is 14.8 Å². The number of carbonyl (C=O) groups excluding carboxylic acids is 1. The molecule has 0 aliphatic heterocycles. The Hall–Kier alpha value is -2.41. The Balaban J connectivity index is 1.65. The fourth-order valence-electron chi connectivity index (χ4n) is 2.12. The second-order valence-electron chi connectivity index (χ2n) is 5.30. The van der Waals surface area contributed by atoms with Gasteiger partial charge in [-0.25, -0.2) is 4.39 Å². The highest BCUT2D eigenvalue weighted by molar-refractivity contribution is 6.32. The van der Waals surface area contributed by atoms with Crippen molar-refractivity contribution in [3.05, 3.63) is 58.9 Å². The highest BCUT2D eigenvalue weighted by Gasteiger charge is 2.06. The van der Waals surface area contributed by atoms with E-state index in [-0.39, 0.29) is 29.7 Å². The van der Waals surface area contributed by atoms with Gasteiger partial charge >= 0.3 is 6.61 Å². The Bertz CT molecular complexity index is 726. The lowest BCUT2D eigenvalue weighted by Crippen LogP contribution is -2.27. The van der Waals surface area contributed by atoms with E-state index in [0.29, 0.717) is 18.7 Å². The average molecular weight is 388 g/mol. The third kappa shape index (κ3) is 6.84. The maximum absolute atomic E-state index is 12.9. The van der Waals surface area contributed by atoms with Crippen molar-refractivity contribution in [2.45, 2.75) is 19.5 Å². The Labute approximate surface area is 153 Å². The average Bonchev–Trinajstić information content (AvgIpc) is 2.58.